The fourth-order valence-corrected chi connectivity index (χ4v) is 8.24. The number of rotatable bonds is 16. The smallest absolute Gasteiger partial charge is 0.336 e. The summed E-state index contributed by atoms with van der Waals surface area (Å²) in [6.07, 6.45) is 3.23. The number of carboxylic acids is 1. The summed E-state index contributed by atoms with van der Waals surface area (Å²) in [5.74, 6) is -4.28. The molecule has 1 aliphatic carbocycles. The second-order valence-electron chi connectivity index (χ2n) is 14.9. The maximum absolute atomic E-state index is 14.4. The molecule has 3 aromatic rings. The van der Waals surface area contributed by atoms with Crippen molar-refractivity contribution in [3.05, 3.63) is 95.1 Å². The minimum Gasteiger partial charge on any atom is -0.504 e. The van der Waals surface area contributed by atoms with E-state index in [0.717, 1.165) is 5.56 Å². The lowest BCUT2D eigenvalue weighted by atomic mass is 9.64. The van der Waals surface area contributed by atoms with E-state index in [1.54, 1.807) is 6.07 Å². The van der Waals surface area contributed by atoms with Crippen LogP contribution in [0.15, 0.2) is 72.8 Å². The second kappa shape index (κ2) is 18.0. The summed E-state index contributed by atoms with van der Waals surface area (Å²) < 4.78 is 24.4. The molecule has 304 valence electrons. The molecule has 57 heavy (non-hydrogen) atoms. The first kappa shape index (κ1) is 41.5. The molecule has 3 aromatic carbocycles. The molecule has 3 fully saturated rings. The summed E-state index contributed by atoms with van der Waals surface area (Å²) in [7, 11) is 0. The zero-order valence-corrected chi connectivity index (χ0v) is 31.4. The normalized spacial score (nSPS) is 27.2. The van der Waals surface area contributed by atoms with Crippen molar-refractivity contribution in [2.45, 2.75) is 74.6 Å². The number of hydrogen-bond acceptors (Lipinski definition) is 13. The van der Waals surface area contributed by atoms with Crippen LogP contribution in [0.3, 0.4) is 0 Å². The zero-order chi connectivity index (χ0) is 40.7. The van der Waals surface area contributed by atoms with Gasteiger partial charge in [-0.05, 0) is 96.7 Å². The monoisotopic (exact) mass is 787 g/mol. The molecule has 2 heterocycles. The number of carboxylic acid groups (broad SMARTS) is 1. The number of aromatic hydroxyl groups is 3. The van der Waals surface area contributed by atoms with Crippen molar-refractivity contribution in [1.82, 2.24) is 0 Å². The predicted octanol–water partition coefficient (Wildman–Crippen LogP) is 3.67. The average molecular weight is 788 g/mol. The third kappa shape index (κ3) is 9.22. The number of ether oxygens (including phenoxy) is 4. The number of aliphatic hydroxyl groups is 2. The average Bonchev–Trinajstić information content (AvgIpc) is 3.20. The third-order valence-electron chi connectivity index (χ3n) is 11.2. The Labute approximate surface area is 329 Å². The van der Waals surface area contributed by atoms with E-state index in [-0.39, 0.29) is 62.0 Å². The van der Waals surface area contributed by atoms with Gasteiger partial charge < -0.3 is 55.3 Å². The number of ketones is 2. The fraction of sp³-hybridized carbons (Fsp3) is 0.419. The zero-order valence-electron chi connectivity index (χ0n) is 31.4. The molecule has 0 spiro atoms. The van der Waals surface area contributed by atoms with Crippen LogP contribution < -0.4 is 10.5 Å². The largest absolute Gasteiger partial charge is 0.504 e. The maximum atomic E-state index is 14.4. The predicted molar refractivity (Wildman–Crippen MR) is 206 cm³/mol. The molecule has 3 aliphatic rings. The van der Waals surface area contributed by atoms with Gasteiger partial charge in [0.15, 0.2) is 40.2 Å². The Balaban J connectivity index is 1.25. The molecule has 1 saturated carbocycles. The summed E-state index contributed by atoms with van der Waals surface area (Å²) in [6, 6.07) is 16.8. The molecule has 8 N–H and O–H groups in total. The number of hydrogen-bond donors (Lipinski definition) is 7. The lowest BCUT2D eigenvalue weighted by Gasteiger charge is -2.56. The third-order valence-corrected chi connectivity index (χ3v) is 11.2. The van der Waals surface area contributed by atoms with E-state index in [1.807, 2.05) is 30.3 Å². The highest BCUT2D eigenvalue weighted by molar-refractivity contribution is 6.00. The van der Waals surface area contributed by atoms with Crippen molar-refractivity contribution in [2.75, 3.05) is 26.4 Å². The van der Waals surface area contributed by atoms with Gasteiger partial charge in [0.25, 0.3) is 0 Å². The van der Waals surface area contributed by atoms with Crippen LogP contribution >= 0.6 is 0 Å². The fourth-order valence-electron chi connectivity index (χ4n) is 8.24. The van der Waals surface area contributed by atoms with Crippen molar-refractivity contribution < 1.29 is 64.0 Å². The molecule has 2 bridgehead atoms. The number of aryl methyl sites for hydroxylation is 1. The minimum atomic E-state index is -2.07. The molecule has 6 rings (SSSR count). The number of fused-ring (bicyclic) bond motifs is 1. The number of phenols is 3. The SMILES string of the molecule is NCCOc1ccc(/C=C/C(=O)CO[C@@]2(C(=O)O)C[C@@H](O)[C@H]3OC[C@H](CCc4ccccc4)C[C@@]4(C(=O)/C=C/c5cc(O)c(O)cc5CO)CC[C@H]2[C@H]3O4)cc1O. The van der Waals surface area contributed by atoms with Crippen LogP contribution in [-0.2, 0) is 41.6 Å². The topological polar surface area (TPSA) is 236 Å². The number of carbonyl (C=O) groups is 3. The molecule has 0 aromatic heterocycles. The van der Waals surface area contributed by atoms with Crippen LogP contribution in [0.5, 0.6) is 23.0 Å². The van der Waals surface area contributed by atoms with Gasteiger partial charge in [0.05, 0.1) is 25.4 Å². The molecule has 7 atom stereocenters. The minimum absolute atomic E-state index is 0.0937. The van der Waals surface area contributed by atoms with Crippen LogP contribution in [0.25, 0.3) is 12.2 Å². The number of carbonyl (C=O) groups excluding carboxylic acids is 2. The van der Waals surface area contributed by atoms with Gasteiger partial charge in [-0.2, -0.15) is 0 Å². The van der Waals surface area contributed by atoms with Crippen LogP contribution in [0.1, 0.15) is 54.4 Å². The Morgan fingerprint density at radius 3 is 2.42 bits per heavy atom. The first-order valence-corrected chi connectivity index (χ1v) is 19.0. The number of phenolic OH excluding ortho intramolecular Hbond substituents is 3. The summed E-state index contributed by atoms with van der Waals surface area (Å²) in [6.45, 7) is -0.473. The quantitative estimate of drug-likeness (QED) is 0.0811. The number of nitrogens with two attached hydrogens (primary N) is 1. The Kier molecular flexibility index (Phi) is 13.1. The van der Waals surface area contributed by atoms with Gasteiger partial charge in [0.2, 0.25) is 0 Å². The van der Waals surface area contributed by atoms with Crippen molar-refractivity contribution in [1.29, 1.82) is 0 Å². The van der Waals surface area contributed by atoms with Gasteiger partial charge in [-0.3, -0.25) is 9.59 Å². The van der Waals surface area contributed by atoms with Gasteiger partial charge in [0, 0.05) is 18.9 Å². The van der Waals surface area contributed by atoms with E-state index in [4.69, 9.17) is 24.7 Å². The van der Waals surface area contributed by atoms with Gasteiger partial charge in [-0.15, -0.1) is 0 Å². The lowest BCUT2D eigenvalue weighted by Crippen LogP contribution is -2.70. The summed E-state index contributed by atoms with van der Waals surface area (Å²) in [4.78, 5) is 40.7. The first-order chi connectivity index (χ1) is 27.4. The van der Waals surface area contributed by atoms with E-state index < -0.39 is 84.1 Å². The molecule has 0 radical (unpaired) electrons. The summed E-state index contributed by atoms with van der Waals surface area (Å²) >= 11 is 0. The summed E-state index contributed by atoms with van der Waals surface area (Å²) in [5.41, 5.74) is 4.07. The second-order valence-corrected chi connectivity index (χ2v) is 14.9. The Morgan fingerprint density at radius 1 is 0.930 bits per heavy atom. The van der Waals surface area contributed by atoms with Crippen LogP contribution in [0.2, 0.25) is 0 Å². The number of benzene rings is 3. The van der Waals surface area contributed by atoms with Crippen LogP contribution in [-0.4, -0.2) is 104 Å². The van der Waals surface area contributed by atoms with Crippen molar-refractivity contribution >= 4 is 29.7 Å². The van der Waals surface area contributed by atoms with Gasteiger partial charge in [-0.25, -0.2) is 4.79 Å². The molecular weight excluding hydrogens is 738 g/mol. The lowest BCUT2D eigenvalue weighted by molar-refractivity contribution is -0.288. The van der Waals surface area contributed by atoms with Crippen LogP contribution in [0, 0.1) is 11.8 Å². The highest BCUT2D eigenvalue weighted by Crippen LogP contribution is 2.51. The number of aliphatic hydroxyl groups excluding tert-OH is 2. The molecular formula is C43H49NO13. The van der Waals surface area contributed by atoms with Crippen LogP contribution in [0.4, 0.5) is 0 Å². The van der Waals surface area contributed by atoms with Gasteiger partial charge in [0.1, 0.15) is 24.9 Å². The van der Waals surface area contributed by atoms with Crippen molar-refractivity contribution in [3.63, 3.8) is 0 Å². The molecule has 2 aliphatic heterocycles. The van der Waals surface area contributed by atoms with Crippen molar-refractivity contribution in [3.8, 4) is 23.0 Å². The van der Waals surface area contributed by atoms with Gasteiger partial charge in [-0.1, -0.05) is 48.6 Å². The van der Waals surface area contributed by atoms with E-state index in [0.29, 0.717) is 24.0 Å². The Morgan fingerprint density at radius 2 is 1.70 bits per heavy atom. The molecule has 2 saturated heterocycles. The van der Waals surface area contributed by atoms with E-state index in [2.05, 4.69) is 0 Å². The van der Waals surface area contributed by atoms with Gasteiger partial charge >= 0.3 is 5.97 Å². The van der Waals surface area contributed by atoms with Crippen molar-refractivity contribution in [2.24, 2.45) is 17.6 Å². The molecule has 14 heteroatoms. The molecule has 0 amide bonds. The Hall–Kier alpha value is -5.09. The van der Waals surface area contributed by atoms with E-state index in [9.17, 15) is 45.0 Å². The standard InChI is InChI=1S/C43H49NO13/c44-16-17-54-37-12-9-27(18-35(37)49)8-11-31(46)25-56-43(41(52)53)22-36(50)40-39-32(43)14-15-42(57-39,21-28(24-55-40)7-6-26-4-2-1-3-5-26)38(51)13-10-29-19-33(47)34(48)20-30(29)23-45/h1-5,8-13,18-20,28,32,36,39-40,45,47-50H,6-7,14-17,21-25,44H2,(H,52,53)/b11-8+,13-10+/t28-,32+,36-,39-,40-,42-,43+/m1/s1. The highest BCUT2D eigenvalue weighted by Gasteiger charge is 2.64. The number of aliphatic carboxylic acids is 1. The summed E-state index contributed by atoms with van der Waals surface area (Å²) in [5, 5.41) is 62.5. The first-order valence-electron chi connectivity index (χ1n) is 19.0. The van der Waals surface area contributed by atoms with E-state index >= 15 is 0 Å². The maximum Gasteiger partial charge on any atom is 0.336 e. The van der Waals surface area contributed by atoms with E-state index in [1.165, 1.54) is 48.6 Å². The molecule has 14 nitrogen and oxygen atoms in total. The Bertz CT molecular complexity index is 1980. The molecule has 0 unspecified atom stereocenters. The highest BCUT2D eigenvalue weighted by atomic mass is 16.6.